The van der Waals surface area contributed by atoms with Crippen LogP contribution in [0.15, 0.2) is 0 Å². The van der Waals surface area contributed by atoms with E-state index >= 15 is 0 Å². The maximum atomic E-state index is 9.86. The zero-order valence-corrected chi connectivity index (χ0v) is 8.57. The molecule has 0 amide bonds. The maximum Gasteiger partial charge on any atom is 0.403 e. The van der Waals surface area contributed by atoms with Gasteiger partial charge in [-0.2, -0.15) is 0 Å². The summed E-state index contributed by atoms with van der Waals surface area (Å²) in [4.78, 5) is 9.86. The van der Waals surface area contributed by atoms with Gasteiger partial charge in [0.25, 0.3) is 0 Å². The Morgan fingerprint density at radius 2 is 2.22 bits per heavy atom. The second-order valence-corrected chi connectivity index (χ2v) is 1.75. The molecule has 49 valence electrons. The summed E-state index contributed by atoms with van der Waals surface area (Å²) in [7, 11) is 0. The molecule has 0 atom stereocenters. The van der Waals surface area contributed by atoms with Crippen LogP contribution < -0.4 is 0 Å². The molecule has 0 fully saturated rings. The minimum Gasteiger partial charge on any atom is -0.454 e. The molecule has 0 saturated heterocycles. The van der Waals surface area contributed by atoms with E-state index in [0.29, 0.717) is 6.61 Å². The Kier molecular flexibility index (Phi) is 12.1. The van der Waals surface area contributed by atoms with E-state index in [0.717, 1.165) is 12.8 Å². The second kappa shape index (κ2) is 8.76. The van der Waals surface area contributed by atoms with Crippen molar-refractivity contribution in [1.82, 2.24) is 0 Å². The summed E-state index contributed by atoms with van der Waals surface area (Å²) in [5.74, 6) is 0. The van der Waals surface area contributed by atoms with Crippen molar-refractivity contribution in [2.75, 3.05) is 6.61 Å². The van der Waals surface area contributed by atoms with Crippen molar-refractivity contribution in [2.24, 2.45) is 0 Å². The molecule has 0 saturated carbocycles. The summed E-state index contributed by atoms with van der Waals surface area (Å²) in [6.07, 6.45) is 1.91. The van der Waals surface area contributed by atoms with Gasteiger partial charge in [0.1, 0.15) is 0 Å². The molecule has 0 aromatic rings. The van der Waals surface area contributed by atoms with Crippen LogP contribution in [0.5, 0.6) is 0 Å². The van der Waals surface area contributed by atoms with E-state index < -0.39 is 5.43 Å². The second-order valence-electron chi connectivity index (χ2n) is 1.44. The Labute approximate surface area is 82.2 Å². The van der Waals surface area contributed by atoms with Gasteiger partial charge in [-0.3, -0.25) is 0 Å². The largest absolute Gasteiger partial charge is 0.454 e. The zero-order chi connectivity index (χ0) is 6.41. The Balaban J connectivity index is 0. The number of hydrogen-bond donors (Lipinski definition) is 0. The van der Waals surface area contributed by atoms with Gasteiger partial charge in [0.05, 0.1) is 6.61 Å². The van der Waals surface area contributed by atoms with Gasteiger partial charge < -0.3 is 4.74 Å². The first kappa shape index (κ1) is 12.4. The Bertz CT molecular complexity index is 77.4. The first-order chi connectivity index (χ1) is 3.77. The van der Waals surface area contributed by atoms with Crippen LogP contribution in [0.3, 0.4) is 0 Å². The van der Waals surface area contributed by atoms with Gasteiger partial charge in [0, 0.05) is 41.2 Å². The minimum absolute atomic E-state index is 0. The van der Waals surface area contributed by atoms with Crippen LogP contribution in [-0.4, -0.2) is 41.6 Å². The van der Waals surface area contributed by atoms with Crippen molar-refractivity contribution in [3.63, 3.8) is 0 Å². The van der Waals surface area contributed by atoms with E-state index in [-0.39, 0.29) is 29.6 Å². The molecule has 0 aromatic heterocycles. The minimum atomic E-state index is -0.710. The van der Waals surface area contributed by atoms with Gasteiger partial charge in [0.15, 0.2) is 0 Å². The van der Waals surface area contributed by atoms with Crippen LogP contribution in [0.2, 0.25) is 0 Å². The molecule has 0 heterocycles. The van der Waals surface area contributed by atoms with Crippen LogP contribution in [-0.2, 0) is 4.74 Å². The summed E-state index contributed by atoms with van der Waals surface area (Å²) in [6, 6.07) is 0. The normalized spacial score (nSPS) is 7.78. The van der Waals surface area contributed by atoms with E-state index in [2.05, 4.69) is 4.74 Å². The molecule has 4 heteroatoms. The predicted octanol–water partition coefficient (Wildman–Crippen LogP) is 1.78. The van der Waals surface area contributed by atoms with E-state index in [9.17, 15) is 4.79 Å². The van der Waals surface area contributed by atoms with E-state index in [1.54, 1.807) is 0 Å². The monoisotopic (exact) mass is 159 g/mol. The third-order valence-corrected chi connectivity index (χ3v) is 0.823. The first-order valence-corrected chi connectivity index (χ1v) is 2.97. The smallest absolute Gasteiger partial charge is 0.403 e. The van der Waals surface area contributed by atoms with E-state index in [1.807, 2.05) is 6.92 Å². The third-order valence-electron chi connectivity index (χ3n) is 0.713. The Morgan fingerprint density at radius 3 is 2.56 bits per heavy atom. The van der Waals surface area contributed by atoms with Crippen molar-refractivity contribution in [2.45, 2.75) is 19.8 Å². The zero-order valence-electron chi connectivity index (χ0n) is 5.82. The van der Waals surface area contributed by atoms with Gasteiger partial charge in [0.2, 0.25) is 0 Å². The molecule has 1 radical (unpaired) electrons. The number of ether oxygens (including phenoxy) is 1. The number of hydrogen-bond acceptors (Lipinski definition) is 2. The fourth-order valence-electron chi connectivity index (χ4n) is 0.297. The SMILES string of the molecule is CCCCOC(=O)Cl.[Na]. The van der Waals surface area contributed by atoms with Crippen LogP contribution in [0.25, 0.3) is 0 Å². The van der Waals surface area contributed by atoms with Gasteiger partial charge in [-0.25, -0.2) is 4.79 Å². The molecule has 0 aliphatic heterocycles. The average Bonchev–Trinajstić information content (AvgIpc) is 1.66. The topological polar surface area (TPSA) is 26.3 Å². The van der Waals surface area contributed by atoms with Crippen LogP contribution in [0.4, 0.5) is 4.79 Å². The predicted molar refractivity (Wildman–Crippen MR) is 37.9 cm³/mol. The summed E-state index contributed by atoms with van der Waals surface area (Å²) in [6.45, 7) is 2.46. The summed E-state index contributed by atoms with van der Waals surface area (Å²) >= 11 is 4.85. The molecule has 9 heavy (non-hydrogen) atoms. The molecule has 0 rings (SSSR count). The summed E-state index contributed by atoms with van der Waals surface area (Å²) < 4.78 is 4.41. The van der Waals surface area contributed by atoms with Gasteiger partial charge in [-0.15, -0.1) is 0 Å². The van der Waals surface area contributed by atoms with Crippen molar-refractivity contribution < 1.29 is 9.53 Å². The van der Waals surface area contributed by atoms with Crippen molar-refractivity contribution >= 4 is 46.6 Å². The molecule has 0 aliphatic carbocycles. The number of unbranched alkanes of at least 4 members (excludes halogenated alkanes) is 1. The molecule has 0 aromatic carbocycles. The molecule has 0 spiro atoms. The summed E-state index contributed by atoms with van der Waals surface area (Å²) in [5.41, 5.74) is -0.710. The van der Waals surface area contributed by atoms with E-state index in [4.69, 9.17) is 11.6 Å². The number of halogens is 1. The van der Waals surface area contributed by atoms with Gasteiger partial charge >= 0.3 is 5.43 Å². The van der Waals surface area contributed by atoms with Crippen LogP contribution >= 0.6 is 11.6 Å². The number of carbonyl (C=O) groups is 1. The molecule has 0 N–H and O–H groups in total. The molecular formula is C5H9ClNaO2. The molecule has 0 bridgehead atoms. The number of rotatable bonds is 3. The Hall–Kier alpha value is 0.760. The van der Waals surface area contributed by atoms with Gasteiger partial charge in [-0.05, 0) is 6.42 Å². The van der Waals surface area contributed by atoms with E-state index in [1.165, 1.54) is 0 Å². The first-order valence-electron chi connectivity index (χ1n) is 2.59. The van der Waals surface area contributed by atoms with Crippen molar-refractivity contribution in [3.8, 4) is 0 Å². The Morgan fingerprint density at radius 1 is 1.67 bits per heavy atom. The van der Waals surface area contributed by atoms with Crippen LogP contribution in [0, 0.1) is 0 Å². The molecule has 0 unspecified atom stereocenters. The quantitative estimate of drug-likeness (QED) is 0.357. The van der Waals surface area contributed by atoms with Crippen LogP contribution in [0.1, 0.15) is 19.8 Å². The maximum absolute atomic E-state index is 9.86. The average molecular weight is 160 g/mol. The van der Waals surface area contributed by atoms with Crippen molar-refractivity contribution in [1.29, 1.82) is 0 Å². The fourth-order valence-corrected chi connectivity index (χ4v) is 0.374. The van der Waals surface area contributed by atoms with Crippen molar-refractivity contribution in [3.05, 3.63) is 0 Å². The molecule has 2 nitrogen and oxygen atoms in total. The standard InChI is InChI=1S/C5H9ClO2.Na/c1-2-3-4-8-5(6)7;/h2-4H2,1H3;. The van der Waals surface area contributed by atoms with Gasteiger partial charge in [-0.1, -0.05) is 13.3 Å². The third kappa shape index (κ3) is 12.1. The number of carbonyl (C=O) groups excluding carboxylic acids is 1. The molecular weight excluding hydrogens is 150 g/mol. The molecule has 0 aliphatic rings. The fraction of sp³-hybridized carbons (Fsp3) is 0.800. The summed E-state index contributed by atoms with van der Waals surface area (Å²) in [5, 5.41) is 0.